The smallest absolute Gasteiger partial charge is 0.165 e. The van der Waals surface area contributed by atoms with Gasteiger partial charge in [-0.05, 0) is 32.1 Å². The molecule has 17 heavy (non-hydrogen) atoms. The van der Waals surface area contributed by atoms with Crippen molar-refractivity contribution in [3.05, 3.63) is 30.1 Å². The zero-order valence-electron chi connectivity index (χ0n) is 10.2. The zero-order valence-corrected chi connectivity index (χ0v) is 10.2. The molecule has 1 heterocycles. The van der Waals surface area contributed by atoms with Crippen LogP contribution in [0.2, 0.25) is 0 Å². The first kappa shape index (κ1) is 12.3. The van der Waals surface area contributed by atoms with Crippen LogP contribution in [0.4, 0.5) is 4.39 Å². The zero-order chi connectivity index (χ0) is 12.1. The fourth-order valence-electron chi connectivity index (χ4n) is 2.12. The molecular formula is C13H19FN2O. The second kappa shape index (κ2) is 5.98. The molecule has 0 saturated carbocycles. The van der Waals surface area contributed by atoms with Crippen molar-refractivity contribution >= 4 is 0 Å². The van der Waals surface area contributed by atoms with E-state index in [1.165, 1.54) is 12.5 Å². The summed E-state index contributed by atoms with van der Waals surface area (Å²) >= 11 is 0. The Balaban J connectivity index is 1.72. The first-order chi connectivity index (χ1) is 8.29. The highest BCUT2D eigenvalue weighted by Gasteiger charge is 2.20. The molecular weight excluding hydrogens is 219 g/mol. The quantitative estimate of drug-likeness (QED) is 0.841. The summed E-state index contributed by atoms with van der Waals surface area (Å²) in [5.74, 6) is 0.0545. The molecule has 0 spiro atoms. The molecule has 1 fully saturated rings. The molecule has 1 aliphatic heterocycles. The van der Waals surface area contributed by atoms with Crippen molar-refractivity contribution in [1.82, 2.24) is 10.2 Å². The minimum atomic E-state index is -0.290. The number of likely N-dealkylation sites (N-methyl/N-ethyl adjacent to an activating group) is 1. The Morgan fingerprint density at radius 1 is 1.47 bits per heavy atom. The van der Waals surface area contributed by atoms with Crippen molar-refractivity contribution in [2.75, 3.05) is 33.3 Å². The fraction of sp³-hybridized carbons (Fsp3) is 0.538. The molecule has 0 aromatic heterocycles. The van der Waals surface area contributed by atoms with Crippen LogP contribution in [0, 0.1) is 5.82 Å². The molecule has 2 rings (SSSR count). The highest BCUT2D eigenvalue weighted by Crippen LogP contribution is 2.15. The van der Waals surface area contributed by atoms with Crippen molar-refractivity contribution in [3.63, 3.8) is 0 Å². The summed E-state index contributed by atoms with van der Waals surface area (Å²) in [4.78, 5) is 2.34. The molecule has 1 aliphatic rings. The van der Waals surface area contributed by atoms with Crippen LogP contribution in [0.1, 0.15) is 6.42 Å². The number of nitrogens with zero attached hydrogens (tertiary/aromatic N) is 1. The fourth-order valence-corrected chi connectivity index (χ4v) is 2.12. The van der Waals surface area contributed by atoms with Crippen molar-refractivity contribution < 1.29 is 9.13 Å². The monoisotopic (exact) mass is 238 g/mol. The third-order valence-electron chi connectivity index (χ3n) is 3.18. The lowest BCUT2D eigenvalue weighted by atomic mass is 10.3. The average molecular weight is 238 g/mol. The van der Waals surface area contributed by atoms with Gasteiger partial charge < -0.3 is 10.1 Å². The number of hydrogen-bond donors (Lipinski definition) is 1. The van der Waals surface area contributed by atoms with E-state index in [1.54, 1.807) is 18.2 Å². The Hall–Kier alpha value is -1.13. The van der Waals surface area contributed by atoms with E-state index in [9.17, 15) is 4.39 Å². The van der Waals surface area contributed by atoms with Gasteiger partial charge in [-0.25, -0.2) is 4.39 Å². The third-order valence-corrected chi connectivity index (χ3v) is 3.18. The summed E-state index contributed by atoms with van der Waals surface area (Å²) in [5.41, 5.74) is 0. The number of hydrogen-bond acceptors (Lipinski definition) is 3. The maximum absolute atomic E-state index is 13.3. The molecule has 0 amide bonds. The number of rotatable bonds is 5. The lowest BCUT2D eigenvalue weighted by Gasteiger charge is -2.16. The lowest BCUT2D eigenvalue weighted by molar-refractivity contribution is 0.228. The molecule has 1 unspecified atom stereocenters. The first-order valence-electron chi connectivity index (χ1n) is 6.06. The van der Waals surface area contributed by atoms with Crippen LogP contribution in [-0.4, -0.2) is 44.2 Å². The Morgan fingerprint density at radius 2 is 2.29 bits per heavy atom. The summed E-state index contributed by atoms with van der Waals surface area (Å²) in [6, 6.07) is 7.12. The van der Waals surface area contributed by atoms with Gasteiger partial charge in [-0.1, -0.05) is 12.1 Å². The van der Waals surface area contributed by atoms with Gasteiger partial charge in [-0.15, -0.1) is 0 Å². The largest absolute Gasteiger partial charge is 0.489 e. The number of halogens is 1. The normalized spacial score (nSPS) is 20.7. The van der Waals surface area contributed by atoms with Crippen LogP contribution in [-0.2, 0) is 0 Å². The molecule has 1 aromatic rings. The summed E-state index contributed by atoms with van der Waals surface area (Å²) in [7, 11) is 1.99. The van der Waals surface area contributed by atoms with Gasteiger partial charge in [0.15, 0.2) is 11.6 Å². The lowest BCUT2D eigenvalue weighted by Crippen LogP contribution is -2.31. The van der Waals surface area contributed by atoms with E-state index < -0.39 is 0 Å². The van der Waals surface area contributed by atoms with Gasteiger partial charge in [-0.3, -0.25) is 4.90 Å². The van der Waals surface area contributed by atoms with Gasteiger partial charge in [0.05, 0.1) is 0 Å². The van der Waals surface area contributed by atoms with Crippen molar-refractivity contribution in [1.29, 1.82) is 0 Å². The third kappa shape index (κ3) is 3.41. The number of benzene rings is 1. The van der Waals surface area contributed by atoms with Gasteiger partial charge in [0.1, 0.15) is 6.61 Å². The van der Waals surface area contributed by atoms with Gasteiger partial charge in [0, 0.05) is 19.1 Å². The molecule has 1 aromatic carbocycles. The van der Waals surface area contributed by atoms with Gasteiger partial charge in [0.25, 0.3) is 0 Å². The topological polar surface area (TPSA) is 24.5 Å². The van der Waals surface area contributed by atoms with E-state index in [2.05, 4.69) is 10.2 Å². The highest BCUT2D eigenvalue weighted by molar-refractivity contribution is 5.23. The minimum absolute atomic E-state index is 0.290. The Bertz CT molecular complexity index is 359. The average Bonchev–Trinajstić information content (AvgIpc) is 2.80. The van der Waals surface area contributed by atoms with Crippen LogP contribution >= 0.6 is 0 Å². The second-order valence-electron chi connectivity index (χ2n) is 4.35. The van der Waals surface area contributed by atoms with E-state index in [4.69, 9.17) is 4.74 Å². The minimum Gasteiger partial charge on any atom is -0.489 e. The van der Waals surface area contributed by atoms with Crippen molar-refractivity contribution in [2.24, 2.45) is 0 Å². The van der Waals surface area contributed by atoms with Crippen LogP contribution in [0.25, 0.3) is 0 Å². The summed E-state index contributed by atoms with van der Waals surface area (Å²) in [5, 5.41) is 3.27. The van der Waals surface area contributed by atoms with Crippen LogP contribution in [0.5, 0.6) is 5.75 Å². The van der Waals surface area contributed by atoms with E-state index in [0.29, 0.717) is 18.4 Å². The summed E-state index contributed by atoms with van der Waals surface area (Å²) in [6.07, 6.45) is 1.18. The highest BCUT2D eigenvalue weighted by atomic mass is 19.1. The summed E-state index contributed by atoms with van der Waals surface area (Å²) in [6.45, 7) is 3.53. The first-order valence-corrected chi connectivity index (χ1v) is 6.06. The summed E-state index contributed by atoms with van der Waals surface area (Å²) < 4.78 is 18.7. The van der Waals surface area contributed by atoms with Gasteiger partial charge in [0.2, 0.25) is 0 Å². The van der Waals surface area contributed by atoms with Crippen molar-refractivity contribution in [2.45, 2.75) is 12.5 Å². The number of para-hydroxylation sites is 1. The molecule has 0 radical (unpaired) electrons. The molecule has 0 aliphatic carbocycles. The van der Waals surface area contributed by atoms with Crippen LogP contribution in [0.15, 0.2) is 24.3 Å². The Morgan fingerprint density at radius 3 is 3.00 bits per heavy atom. The Labute approximate surface area is 102 Å². The molecule has 1 N–H and O–H groups in total. The predicted octanol–water partition coefficient (Wildman–Crippen LogP) is 1.50. The molecule has 4 heteroatoms. The van der Waals surface area contributed by atoms with E-state index in [0.717, 1.165) is 19.6 Å². The second-order valence-corrected chi connectivity index (χ2v) is 4.35. The number of likely N-dealkylation sites (tertiary alicyclic amines) is 1. The number of nitrogens with one attached hydrogen (secondary N) is 1. The van der Waals surface area contributed by atoms with Gasteiger partial charge in [-0.2, -0.15) is 0 Å². The van der Waals surface area contributed by atoms with Gasteiger partial charge >= 0.3 is 0 Å². The number of ether oxygens (including phenoxy) is 1. The van der Waals surface area contributed by atoms with E-state index in [-0.39, 0.29) is 5.82 Å². The van der Waals surface area contributed by atoms with Crippen LogP contribution < -0.4 is 10.1 Å². The van der Waals surface area contributed by atoms with E-state index >= 15 is 0 Å². The molecule has 94 valence electrons. The Kier molecular flexibility index (Phi) is 4.34. The SMILES string of the molecule is CNC1CCN(CCOc2ccccc2F)C1. The molecule has 1 atom stereocenters. The molecule has 3 nitrogen and oxygen atoms in total. The maximum atomic E-state index is 13.3. The maximum Gasteiger partial charge on any atom is 0.165 e. The van der Waals surface area contributed by atoms with Crippen LogP contribution in [0.3, 0.4) is 0 Å². The molecule has 0 bridgehead atoms. The molecule has 1 saturated heterocycles. The van der Waals surface area contributed by atoms with Crippen molar-refractivity contribution in [3.8, 4) is 5.75 Å². The predicted molar refractivity (Wildman–Crippen MR) is 65.8 cm³/mol. The van der Waals surface area contributed by atoms with E-state index in [1.807, 2.05) is 7.05 Å². The standard InChI is InChI=1S/C13H19FN2O/c1-15-11-6-7-16(10-11)8-9-17-13-5-3-2-4-12(13)14/h2-5,11,15H,6-10H2,1H3.